The van der Waals surface area contributed by atoms with Crippen LogP contribution in [0.3, 0.4) is 0 Å². The van der Waals surface area contributed by atoms with E-state index in [2.05, 4.69) is 29.2 Å². The second-order valence-electron chi connectivity index (χ2n) is 2.11. The number of benzene rings is 1. The van der Waals surface area contributed by atoms with Crippen LogP contribution in [0.1, 0.15) is 5.56 Å². The third-order valence-electron chi connectivity index (χ3n) is 1.51. The Morgan fingerprint density at radius 1 is 1.25 bits per heavy atom. The molecule has 68 valence electrons. The van der Waals surface area contributed by atoms with Crippen molar-refractivity contribution < 1.29 is 0 Å². The molecule has 0 atom stereocenters. The van der Waals surface area contributed by atoms with Gasteiger partial charge in [-0.3, -0.25) is 0 Å². The molecule has 0 spiro atoms. The first-order valence-electron chi connectivity index (χ1n) is 3.34. The van der Waals surface area contributed by atoms with Gasteiger partial charge in [0.05, 0.1) is 0 Å². The zero-order chi connectivity index (χ0) is 7.40. The van der Waals surface area contributed by atoms with Gasteiger partial charge in [-0.2, -0.15) is 0 Å². The van der Waals surface area contributed by atoms with Crippen LogP contribution >= 0.6 is 34.0 Å². The van der Waals surface area contributed by atoms with Crippen molar-refractivity contribution in [3.63, 3.8) is 0 Å². The molecule has 0 saturated carbocycles. The molecule has 0 aliphatic heterocycles. The fourth-order valence-electron chi connectivity index (χ4n) is 0.942. The summed E-state index contributed by atoms with van der Waals surface area (Å²) in [4.78, 5) is 2.32. The van der Waals surface area contributed by atoms with Gasteiger partial charge in [0, 0.05) is 0 Å². The molecule has 12 heavy (non-hydrogen) atoms. The van der Waals surface area contributed by atoms with E-state index in [1.807, 2.05) is 0 Å². The van der Waals surface area contributed by atoms with E-state index < -0.39 is 0 Å². The van der Waals surface area contributed by atoms with Crippen LogP contribution in [0.5, 0.6) is 0 Å². The quantitative estimate of drug-likeness (QED) is 0.750. The number of hydrogen-bond acceptors (Lipinski definition) is 1. The fourth-order valence-corrected chi connectivity index (χ4v) is 3.14. The summed E-state index contributed by atoms with van der Waals surface area (Å²) in [5, 5.41) is 0. The number of rotatable bonds is 2. The summed E-state index contributed by atoms with van der Waals surface area (Å²) in [5.41, 5.74) is 6.90. The van der Waals surface area contributed by atoms with Crippen LogP contribution < -0.4 is 9.31 Å². The molecule has 2 N–H and O–H groups in total. The van der Waals surface area contributed by atoms with Crippen LogP contribution in [-0.4, -0.2) is 21.1 Å². The predicted molar refractivity (Wildman–Crippen MR) is 66.2 cm³/mol. The van der Waals surface area contributed by atoms with Crippen molar-refractivity contribution in [2.45, 2.75) is 11.5 Å². The SMILES string of the molecule is Br.Br.[CH3][Sn][c]1ccccc1CN. The Balaban J connectivity index is 0. The third-order valence-corrected chi connectivity index (χ3v) is 4.44. The summed E-state index contributed by atoms with van der Waals surface area (Å²) in [7, 11) is 0. The molecule has 0 heterocycles. The summed E-state index contributed by atoms with van der Waals surface area (Å²) in [6.45, 7) is 0.699. The van der Waals surface area contributed by atoms with Crippen LogP contribution in [0.2, 0.25) is 4.94 Å². The normalized spacial score (nSPS) is 8.17. The molecule has 1 rings (SSSR count). The van der Waals surface area contributed by atoms with Gasteiger partial charge in [0.15, 0.2) is 0 Å². The van der Waals surface area contributed by atoms with Gasteiger partial charge in [-0.25, -0.2) is 0 Å². The van der Waals surface area contributed by atoms with E-state index in [0.29, 0.717) is 6.54 Å². The molecule has 0 unspecified atom stereocenters. The summed E-state index contributed by atoms with van der Waals surface area (Å²) in [6, 6.07) is 8.48. The van der Waals surface area contributed by atoms with Gasteiger partial charge in [-0.05, 0) is 0 Å². The summed E-state index contributed by atoms with van der Waals surface area (Å²) in [6.07, 6.45) is 0. The molecule has 1 aromatic carbocycles. The van der Waals surface area contributed by atoms with Crippen LogP contribution in [0, 0.1) is 0 Å². The predicted octanol–water partition coefficient (Wildman–Crippen LogP) is 1.68. The second-order valence-corrected chi connectivity index (χ2v) is 5.08. The van der Waals surface area contributed by atoms with Crippen molar-refractivity contribution in [3.05, 3.63) is 29.8 Å². The van der Waals surface area contributed by atoms with Crippen molar-refractivity contribution in [1.82, 2.24) is 0 Å². The molecule has 4 heteroatoms. The molecule has 0 aromatic heterocycles. The molecule has 1 nitrogen and oxygen atoms in total. The topological polar surface area (TPSA) is 26.0 Å². The monoisotopic (exact) mass is 401 g/mol. The fraction of sp³-hybridized carbons (Fsp3) is 0.250. The maximum atomic E-state index is 5.55. The van der Waals surface area contributed by atoms with Crippen LogP contribution in [0.25, 0.3) is 0 Å². The summed E-state index contributed by atoms with van der Waals surface area (Å²) in [5.74, 6) is 0. The van der Waals surface area contributed by atoms with E-state index in [9.17, 15) is 0 Å². The Kier molecular flexibility index (Phi) is 11.0. The first kappa shape index (κ1) is 15.4. The minimum absolute atomic E-state index is 0. The van der Waals surface area contributed by atoms with Crippen molar-refractivity contribution in [2.24, 2.45) is 5.73 Å². The van der Waals surface area contributed by atoms with Gasteiger partial charge in [0.25, 0.3) is 0 Å². The Morgan fingerprint density at radius 2 is 1.83 bits per heavy atom. The molecule has 1 aromatic rings. The molecule has 0 fully saturated rings. The van der Waals surface area contributed by atoms with Gasteiger partial charge in [-0.15, -0.1) is 34.0 Å². The van der Waals surface area contributed by atoms with E-state index in [1.54, 1.807) is 0 Å². The molecule has 0 aliphatic carbocycles. The molecule has 2 radical (unpaired) electrons. The second kappa shape index (κ2) is 8.53. The van der Waals surface area contributed by atoms with Gasteiger partial charge < -0.3 is 0 Å². The first-order valence-corrected chi connectivity index (χ1v) is 7.62. The number of halogens is 2. The minimum atomic E-state index is -0.276. The Morgan fingerprint density at radius 3 is 2.25 bits per heavy atom. The Bertz CT molecular complexity index is 195. The molecular weight excluding hydrogens is 389 g/mol. The zero-order valence-electron chi connectivity index (χ0n) is 6.91. The van der Waals surface area contributed by atoms with Crippen LogP contribution in [0.4, 0.5) is 0 Å². The summed E-state index contributed by atoms with van der Waals surface area (Å²) < 4.78 is 1.54. The molecule has 0 amide bonds. The van der Waals surface area contributed by atoms with Crippen molar-refractivity contribution in [2.75, 3.05) is 0 Å². The zero-order valence-corrected chi connectivity index (χ0v) is 13.2. The standard InChI is InChI=1S/C7H8N.CH3.2BrH.Sn/c8-6-7-4-2-1-3-5-7;;;;/h1-4H,6,8H2;1H3;2*1H;. The van der Waals surface area contributed by atoms with Crippen LogP contribution in [-0.2, 0) is 6.54 Å². The molecule has 0 bridgehead atoms. The third kappa shape index (κ3) is 4.25. The number of nitrogens with two attached hydrogens (primary N) is 1. The van der Waals surface area contributed by atoms with Crippen LogP contribution in [0.15, 0.2) is 24.3 Å². The number of hydrogen-bond donors (Lipinski definition) is 1. The van der Waals surface area contributed by atoms with E-state index in [1.165, 1.54) is 9.14 Å². The van der Waals surface area contributed by atoms with Gasteiger partial charge >= 0.3 is 71.8 Å². The molecule has 0 aliphatic rings. The van der Waals surface area contributed by atoms with Gasteiger partial charge in [0.1, 0.15) is 0 Å². The molecular formula is C8H13Br2NSn. The summed E-state index contributed by atoms with van der Waals surface area (Å²) >= 11 is -0.276. The van der Waals surface area contributed by atoms with E-state index in [-0.39, 0.29) is 55.1 Å². The average Bonchev–Trinajstić information content (AvgIpc) is 2.04. The Hall–Kier alpha value is 0.939. The van der Waals surface area contributed by atoms with E-state index in [0.717, 1.165) is 0 Å². The van der Waals surface area contributed by atoms with Crippen molar-refractivity contribution in [1.29, 1.82) is 0 Å². The van der Waals surface area contributed by atoms with E-state index >= 15 is 0 Å². The van der Waals surface area contributed by atoms with Crippen molar-refractivity contribution in [3.8, 4) is 0 Å². The first-order chi connectivity index (χ1) is 4.88. The Labute approximate surface area is 105 Å². The van der Waals surface area contributed by atoms with Gasteiger partial charge in [0.2, 0.25) is 0 Å². The van der Waals surface area contributed by atoms with Crippen molar-refractivity contribution >= 4 is 58.7 Å². The van der Waals surface area contributed by atoms with Gasteiger partial charge in [-0.1, -0.05) is 0 Å². The van der Waals surface area contributed by atoms with E-state index in [4.69, 9.17) is 5.73 Å². The average molecular weight is 402 g/mol. The maximum absolute atomic E-state index is 5.55. The molecule has 0 saturated heterocycles.